The molecule has 0 saturated carbocycles. The number of aromatic carboxylic acids is 1. The minimum absolute atomic E-state index is 0.0810. The maximum atomic E-state index is 11.1. The summed E-state index contributed by atoms with van der Waals surface area (Å²) >= 11 is 0. The Kier molecular flexibility index (Phi) is 3.90. The number of hydrogen-bond donors (Lipinski definition) is 2. The molecule has 0 bridgehead atoms. The highest BCUT2D eigenvalue weighted by atomic mass is 16.5. The largest absolute Gasteiger partial charge is 0.478 e. The quantitative estimate of drug-likeness (QED) is 0.858. The minimum atomic E-state index is -1.03. The van der Waals surface area contributed by atoms with Crippen molar-refractivity contribution in [3.8, 4) is 0 Å². The van der Waals surface area contributed by atoms with Gasteiger partial charge in [0.2, 0.25) is 0 Å². The number of ether oxygens (including phenoxy) is 1. The number of nitrogens with zero attached hydrogens (tertiary/aromatic N) is 2. The molecule has 1 saturated heterocycles. The normalized spacial score (nSPS) is 23.4. The first kappa shape index (κ1) is 13.6. The Morgan fingerprint density at radius 1 is 1.68 bits per heavy atom. The molecule has 6 heteroatoms. The van der Waals surface area contributed by atoms with E-state index in [1.165, 1.54) is 12.3 Å². The molecule has 2 atom stereocenters. The van der Waals surface area contributed by atoms with Crippen molar-refractivity contribution in [2.75, 3.05) is 23.8 Å². The fourth-order valence-electron chi connectivity index (χ4n) is 2.32. The van der Waals surface area contributed by atoms with E-state index in [-0.39, 0.29) is 23.4 Å². The van der Waals surface area contributed by atoms with Gasteiger partial charge >= 0.3 is 5.97 Å². The van der Waals surface area contributed by atoms with Gasteiger partial charge in [0.25, 0.3) is 0 Å². The van der Waals surface area contributed by atoms with Crippen molar-refractivity contribution >= 4 is 17.5 Å². The van der Waals surface area contributed by atoms with Crippen molar-refractivity contribution in [3.05, 3.63) is 17.8 Å². The summed E-state index contributed by atoms with van der Waals surface area (Å²) in [5.74, 6) is -0.489. The predicted octanol–water partition coefficient (Wildman–Crippen LogP) is 1.37. The maximum Gasteiger partial charge on any atom is 0.337 e. The number of hydrogen-bond acceptors (Lipinski definition) is 5. The highest BCUT2D eigenvalue weighted by Crippen LogP contribution is 2.28. The molecule has 1 fully saturated rings. The molecule has 2 rings (SSSR count). The van der Waals surface area contributed by atoms with Gasteiger partial charge in [0, 0.05) is 12.7 Å². The number of carbonyl (C=O) groups is 1. The molecule has 0 aromatic carbocycles. The second-order valence-electron chi connectivity index (χ2n) is 4.76. The zero-order valence-electron chi connectivity index (χ0n) is 11.2. The van der Waals surface area contributed by atoms with Gasteiger partial charge in [-0.2, -0.15) is 0 Å². The lowest BCUT2D eigenvalue weighted by Crippen LogP contribution is -2.49. The molecule has 6 nitrogen and oxygen atoms in total. The Labute approximate surface area is 112 Å². The van der Waals surface area contributed by atoms with Gasteiger partial charge < -0.3 is 20.5 Å². The molecule has 0 aliphatic carbocycles. The van der Waals surface area contributed by atoms with Gasteiger partial charge in [0.05, 0.1) is 30.0 Å². The van der Waals surface area contributed by atoms with Crippen LogP contribution < -0.4 is 10.6 Å². The van der Waals surface area contributed by atoms with Crippen LogP contribution in [0, 0.1) is 0 Å². The zero-order valence-corrected chi connectivity index (χ0v) is 11.2. The number of carboxylic acid groups (broad SMARTS) is 1. The number of nitrogens with two attached hydrogens (primary N) is 1. The molecule has 1 aromatic heterocycles. The predicted molar refractivity (Wildman–Crippen MR) is 72.4 cm³/mol. The van der Waals surface area contributed by atoms with Crippen molar-refractivity contribution in [1.29, 1.82) is 0 Å². The van der Waals surface area contributed by atoms with Crippen molar-refractivity contribution in [2.45, 2.75) is 32.4 Å². The summed E-state index contributed by atoms with van der Waals surface area (Å²) in [4.78, 5) is 17.4. The summed E-state index contributed by atoms with van der Waals surface area (Å²) in [5, 5.41) is 9.11. The molecular weight excluding hydrogens is 246 g/mol. The van der Waals surface area contributed by atoms with Gasteiger partial charge in [0.1, 0.15) is 0 Å². The lowest BCUT2D eigenvalue weighted by atomic mass is 10.1. The molecule has 2 unspecified atom stereocenters. The molecule has 2 heterocycles. The molecule has 1 aliphatic heterocycles. The smallest absolute Gasteiger partial charge is 0.337 e. The standard InChI is InChI=1S/C13H19N3O3/c1-3-9-7-19-8(2)6-16(9)12-11(14)10(13(17)18)4-5-15-12/h4-5,8-9H,3,6-7,14H2,1-2H3,(H,17,18). The zero-order chi connectivity index (χ0) is 14.0. The van der Waals surface area contributed by atoms with Gasteiger partial charge in [-0.1, -0.05) is 6.92 Å². The monoisotopic (exact) mass is 265 g/mol. The van der Waals surface area contributed by atoms with E-state index in [2.05, 4.69) is 16.8 Å². The number of nitrogen functional groups attached to an aromatic ring is 1. The highest BCUT2D eigenvalue weighted by Gasteiger charge is 2.29. The van der Waals surface area contributed by atoms with Gasteiger partial charge in [-0.25, -0.2) is 9.78 Å². The van der Waals surface area contributed by atoms with Crippen LogP contribution in [0.3, 0.4) is 0 Å². The Morgan fingerprint density at radius 2 is 2.42 bits per heavy atom. The number of carboxylic acids is 1. The van der Waals surface area contributed by atoms with Crippen LogP contribution in [0.15, 0.2) is 12.3 Å². The molecule has 1 aliphatic rings. The van der Waals surface area contributed by atoms with Crippen molar-refractivity contribution < 1.29 is 14.6 Å². The first-order chi connectivity index (χ1) is 9.04. The number of aromatic nitrogens is 1. The number of morpholine rings is 1. The van der Waals surface area contributed by atoms with E-state index in [0.29, 0.717) is 19.0 Å². The lowest BCUT2D eigenvalue weighted by Gasteiger charge is -2.39. The van der Waals surface area contributed by atoms with E-state index >= 15 is 0 Å². The van der Waals surface area contributed by atoms with Crippen LogP contribution >= 0.6 is 0 Å². The summed E-state index contributed by atoms with van der Waals surface area (Å²) in [6.07, 6.45) is 2.46. The third kappa shape index (κ3) is 2.63. The van der Waals surface area contributed by atoms with Gasteiger partial charge in [-0.3, -0.25) is 0 Å². The average molecular weight is 265 g/mol. The van der Waals surface area contributed by atoms with E-state index < -0.39 is 5.97 Å². The van der Waals surface area contributed by atoms with Crippen LogP contribution in [-0.4, -0.2) is 41.4 Å². The Balaban J connectivity index is 2.39. The number of anilines is 2. The topological polar surface area (TPSA) is 88.7 Å². The van der Waals surface area contributed by atoms with Crippen LogP contribution in [-0.2, 0) is 4.74 Å². The number of rotatable bonds is 3. The van der Waals surface area contributed by atoms with E-state index in [1.54, 1.807) is 0 Å². The van der Waals surface area contributed by atoms with E-state index in [0.717, 1.165) is 6.42 Å². The third-order valence-corrected chi connectivity index (χ3v) is 3.41. The fourth-order valence-corrected chi connectivity index (χ4v) is 2.32. The fraction of sp³-hybridized carbons (Fsp3) is 0.538. The third-order valence-electron chi connectivity index (χ3n) is 3.41. The van der Waals surface area contributed by atoms with Crippen LogP contribution in [0.2, 0.25) is 0 Å². The molecule has 0 radical (unpaired) electrons. The minimum Gasteiger partial charge on any atom is -0.478 e. The Hall–Kier alpha value is -1.82. The molecular formula is C13H19N3O3. The molecule has 19 heavy (non-hydrogen) atoms. The van der Waals surface area contributed by atoms with E-state index in [9.17, 15) is 4.79 Å². The Bertz CT molecular complexity index is 478. The van der Waals surface area contributed by atoms with Crippen molar-refractivity contribution in [2.24, 2.45) is 0 Å². The van der Waals surface area contributed by atoms with Crippen LogP contribution in [0.25, 0.3) is 0 Å². The number of pyridine rings is 1. The maximum absolute atomic E-state index is 11.1. The molecule has 0 amide bonds. The molecule has 104 valence electrons. The van der Waals surface area contributed by atoms with Gasteiger partial charge in [0.15, 0.2) is 5.82 Å². The first-order valence-corrected chi connectivity index (χ1v) is 6.40. The summed E-state index contributed by atoms with van der Waals surface area (Å²) < 4.78 is 5.62. The second kappa shape index (κ2) is 5.44. The molecule has 0 spiro atoms. The van der Waals surface area contributed by atoms with Crippen LogP contribution in [0.5, 0.6) is 0 Å². The molecule has 3 N–H and O–H groups in total. The van der Waals surface area contributed by atoms with Crippen molar-refractivity contribution in [1.82, 2.24) is 4.98 Å². The SMILES string of the molecule is CCC1COC(C)CN1c1nccc(C(=O)O)c1N. The average Bonchev–Trinajstić information content (AvgIpc) is 2.38. The van der Waals surface area contributed by atoms with Gasteiger partial charge in [-0.05, 0) is 19.4 Å². The Morgan fingerprint density at radius 3 is 3.05 bits per heavy atom. The van der Waals surface area contributed by atoms with E-state index in [1.807, 2.05) is 6.92 Å². The second-order valence-corrected chi connectivity index (χ2v) is 4.76. The lowest BCUT2D eigenvalue weighted by molar-refractivity contribution is 0.0297. The van der Waals surface area contributed by atoms with Crippen LogP contribution in [0.4, 0.5) is 11.5 Å². The molecule has 1 aromatic rings. The van der Waals surface area contributed by atoms with E-state index in [4.69, 9.17) is 15.6 Å². The summed E-state index contributed by atoms with van der Waals surface area (Å²) in [5.41, 5.74) is 6.27. The highest BCUT2D eigenvalue weighted by molar-refractivity contribution is 5.96. The first-order valence-electron chi connectivity index (χ1n) is 6.40. The van der Waals surface area contributed by atoms with Gasteiger partial charge in [-0.15, -0.1) is 0 Å². The summed E-state index contributed by atoms with van der Waals surface area (Å²) in [6.45, 7) is 5.32. The van der Waals surface area contributed by atoms with Crippen molar-refractivity contribution in [3.63, 3.8) is 0 Å². The summed E-state index contributed by atoms with van der Waals surface area (Å²) in [7, 11) is 0. The van der Waals surface area contributed by atoms with Crippen LogP contribution in [0.1, 0.15) is 30.6 Å². The summed E-state index contributed by atoms with van der Waals surface area (Å²) in [6, 6.07) is 1.60.